The summed E-state index contributed by atoms with van der Waals surface area (Å²) in [5, 5.41) is 3.37. The van der Waals surface area contributed by atoms with Gasteiger partial charge in [-0.25, -0.2) is 4.39 Å². The Morgan fingerprint density at radius 1 is 1.19 bits per heavy atom. The van der Waals surface area contributed by atoms with Crippen molar-refractivity contribution >= 4 is 0 Å². The minimum atomic E-state index is -0.157. The zero-order valence-electron chi connectivity index (χ0n) is 10.5. The Bertz CT molecular complexity index is 292. The summed E-state index contributed by atoms with van der Waals surface area (Å²) < 4.78 is 12.8. The Kier molecular flexibility index (Phi) is 5.47. The van der Waals surface area contributed by atoms with E-state index in [1.807, 2.05) is 12.1 Å². The van der Waals surface area contributed by atoms with E-state index in [1.165, 1.54) is 5.56 Å². The van der Waals surface area contributed by atoms with Crippen LogP contribution in [0.1, 0.15) is 38.7 Å². The molecule has 1 N–H and O–H groups in total. The fourth-order valence-corrected chi connectivity index (χ4v) is 1.96. The predicted octanol–water partition coefficient (Wildman–Crippen LogP) is 3.56. The minimum Gasteiger partial charge on any atom is -0.316 e. The highest BCUT2D eigenvalue weighted by Crippen LogP contribution is 2.23. The molecule has 0 fully saturated rings. The second-order valence-electron chi connectivity index (χ2n) is 4.69. The summed E-state index contributed by atoms with van der Waals surface area (Å²) in [6.07, 6.45) is 1.14. The molecule has 16 heavy (non-hydrogen) atoms. The SMILES string of the molecule is CCNCC(CC(C)C)c1ccc(F)cc1. The molecule has 0 saturated carbocycles. The molecule has 2 heteroatoms. The molecular formula is C14H22FN. The maximum Gasteiger partial charge on any atom is 0.123 e. The lowest BCUT2D eigenvalue weighted by Gasteiger charge is -2.19. The first kappa shape index (κ1) is 13.2. The molecule has 1 aromatic carbocycles. The van der Waals surface area contributed by atoms with Gasteiger partial charge in [-0.2, -0.15) is 0 Å². The smallest absolute Gasteiger partial charge is 0.123 e. The van der Waals surface area contributed by atoms with Crippen molar-refractivity contribution in [2.24, 2.45) is 5.92 Å². The molecule has 1 aromatic rings. The van der Waals surface area contributed by atoms with Crippen LogP contribution in [0.2, 0.25) is 0 Å². The highest BCUT2D eigenvalue weighted by molar-refractivity contribution is 5.20. The van der Waals surface area contributed by atoms with E-state index in [1.54, 1.807) is 12.1 Å². The van der Waals surface area contributed by atoms with Crippen molar-refractivity contribution in [3.63, 3.8) is 0 Å². The summed E-state index contributed by atoms with van der Waals surface area (Å²) in [7, 11) is 0. The van der Waals surface area contributed by atoms with Crippen LogP contribution in [0.25, 0.3) is 0 Å². The number of hydrogen-bond donors (Lipinski definition) is 1. The van der Waals surface area contributed by atoms with Crippen molar-refractivity contribution in [1.82, 2.24) is 5.32 Å². The summed E-state index contributed by atoms with van der Waals surface area (Å²) >= 11 is 0. The van der Waals surface area contributed by atoms with Gasteiger partial charge in [0.25, 0.3) is 0 Å². The van der Waals surface area contributed by atoms with Crippen molar-refractivity contribution in [2.75, 3.05) is 13.1 Å². The lowest BCUT2D eigenvalue weighted by Crippen LogP contribution is -2.22. The van der Waals surface area contributed by atoms with E-state index >= 15 is 0 Å². The third-order valence-electron chi connectivity index (χ3n) is 2.74. The van der Waals surface area contributed by atoms with Crippen molar-refractivity contribution in [3.05, 3.63) is 35.6 Å². The van der Waals surface area contributed by atoms with E-state index < -0.39 is 0 Å². The second kappa shape index (κ2) is 6.64. The van der Waals surface area contributed by atoms with E-state index in [9.17, 15) is 4.39 Å². The third kappa shape index (κ3) is 4.31. The van der Waals surface area contributed by atoms with Gasteiger partial charge in [-0.15, -0.1) is 0 Å². The Morgan fingerprint density at radius 2 is 1.81 bits per heavy atom. The largest absolute Gasteiger partial charge is 0.316 e. The molecule has 1 atom stereocenters. The first-order valence-electron chi connectivity index (χ1n) is 6.09. The Balaban J connectivity index is 2.70. The molecular weight excluding hydrogens is 201 g/mol. The van der Waals surface area contributed by atoms with Crippen LogP contribution in [0.4, 0.5) is 4.39 Å². The molecule has 0 saturated heterocycles. The topological polar surface area (TPSA) is 12.0 Å². The van der Waals surface area contributed by atoms with Crippen LogP contribution in [-0.2, 0) is 0 Å². The van der Waals surface area contributed by atoms with Gasteiger partial charge < -0.3 is 5.32 Å². The predicted molar refractivity (Wildman–Crippen MR) is 67.1 cm³/mol. The number of nitrogens with one attached hydrogen (secondary N) is 1. The average Bonchev–Trinajstić information content (AvgIpc) is 2.25. The molecule has 0 spiro atoms. The van der Waals surface area contributed by atoms with Gasteiger partial charge in [0.1, 0.15) is 5.82 Å². The number of likely N-dealkylation sites (N-methyl/N-ethyl adjacent to an activating group) is 1. The third-order valence-corrected chi connectivity index (χ3v) is 2.74. The Hall–Kier alpha value is -0.890. The number of benzene rings is 1. The van der Waals surface area contributed by atoms with Gasteiger partial charge >= 0.3 is 0 Å². The molecule has 0 radical (unpaired) electrons. The van der Waals surface area contributed by atoms with Gasteiger partial charge in [0.2, 0.25) is 0 Å². The molecule has 0 heterocycles. The van der Waals surface area contributed by atoms with E-state index in [2.05, 4.69) is 26.1 Å². The molecule has 1 nitrogen and oxygen atoms in total. The maximum atomic E-state index is 12.8. The first-order valence-corrected chi connectivity index (χ1v) is 6.09. The summed E-state index contributed by atoms with van der Waals surface area (Å²) in [6.45, 7) is 8.51. The monoisotopic (exact) mass is 223 g/mol. The number of halogens is 1. The molecule has 0 aromatic heterocycles. The summed E-state index contributed by atoms with van der Waals surface area (Å²) in [5.41, 5.74) is 1.23. The van der Waals surface area contributed by atoms with Gasteiger partial charge in [-0.3, -0.25) is 0 Å². The lowest BCUT2D eigenvalue weighted by molar-refractivity contribution is 0.474. The molecule has 1 rings (SSSR count). The van der Waals surface area contributed by atoms with Gasteiger partial charge in [0.15, 0.2) is 0 Å². The van der Waals surface area contributed by atoms with Gasteiger partial charge in [0, 0.05) is 6.54 Å². The van der Waals surface area contributed by atoms with Crippen LogP contribution in [-0.4, -0.2) is 13.1 Å². The highest BCUT2D eigenvalue weighted by Gasteiger charge is 2.12. The fourth-order valence-electron chi connectivity index (χ4n) is 1.96. The average molecular weight is 223 g/mol. The summed E-state index contributed by atoms with van der Waals surface area (Å²) in [6, 6.07) is 6.91. The Labute approximate surface area is 98.1 Å². The first-order chi connectivity index (χ1) is 7.63. The molecule has 0 aliphatic carbocycles. The Morgan fingerprint density at radius 3 is 2.31 bits per heavy atom. The van der Waals surface area contributed by atoms with Crippen LogP contribution in [0.3, 0.4) is 0 Å². The van der Waals surface area contributed by atoms with Crippen LogP contribution >= 0.6 is 0 Å². The van der Waals surface area contributed by atoms with E-state index in [-0.39, 0.29) is 5.82 Å². The highest BCUT2D eigenvalue weighted by atomic mass is 19.1. The maximum absolute atomic E-state index is 12.8. The van der Waals surface area contributed by atoms with Gasteiger partial charge in [-0.05, 0) is 42.5 Å². The van der Waals surface area contributed by atoms with E-state index in [4.69, 9.17) is 0 Å². The van der Waals surface area contributed by atoms with Crippen molar-refractivity contribution in [3.8, 4) is 0 Å². The quantitative estimate of drug-likeness (QED) is 0.777. The van der Waals surface area contributed by atoms with Crippen molar-refractivity contribution < 1.29 is 4.39 Å². The molecule has 0 aliphatic heterocycles. The zero-order chi connectivity index (χ0) is 12.0. The van der Waals surface area contributed by atoms with E-state index in [0.717, 1.165) is 19.5 Å². The zero-order valence-corrected chi connectivity index (χ0v) is 10.5. The normalized spacial score (nSPS) is 13.1. The molecule has 0 aliphatic rings. The van der Waals surface area contributed by atoms with Crippen LogP contribution in [0, 0.1) is 11.7 Å². The van der Waals surface area contributed by atoms with Crippen LogP contribution in [0.5, 0.6) is 0 Å². The number of hydrogen-bond acceptors (Lipinski definition) is 1. The number of rotatable bonds is 6. The minimum absolute atomic E-state index is 0.157. The second-order valence-corrected chi connectivity index (χ2v) is 4.69. The standard InChI is InChI=1S/C14H22FN/c1-4-16-10-13(9-11(2)3)12-5-7-14(15)8-6-12/h5-8,11,13,16H,4,9-10H2,1-3H3. The van der Waals surface area contributed by atoms with Crippen LogP contribution in [0.15, 0.2) is 24.3 Å². The van der Waals surface area contributed by atoms with Gasteiger partial charge in [-0.1, -0.05) is 32.9 Å². The summed E-state index contributed by atoms with van der Waals surface area (Å²) in [4.78, 5) is 0. The molecule has 0 amide bonds. The molecule has 90 valence electrons. The fraction of sp³-hybridized carbons (Fsp3) is 0.571. The van der Waals surface area contributed by atoms with Crippen molar-refractivity contribution in [1.29, 1.82) is 0 Å². The van der Waals surface area contributed by atoms with Crippen LogP contribution < -0.4 is 5.32 Å². The summed E-state index contributed by atoms with van der Waals surface area (Å²) in [5.74, 6) is 0.991. The lowest BCUT2D eigenvalue weighted by atomic mass is 9.90. The van der Waals surface area contributed by atoms with Crippen molar-refractivity contribution in [2.45, 2.75) is 33.1 Å². The molecule has 1 unspecified atom stereocenters. The van der Waals surface area contributed by atoms with E-state index in [0.29, 0.717) is 11.8 Å². The molecule has 0 bridgehead atoms. The van der Waals surface area contributed by atoms with Gasteiger partial charge in [0.05, 0.1) is 0 Å².